The average Bonchev–Trinajstić information content (AvgIpc) is 2.18. The lowest BCUT2D eigenvalue weighted by Crippen LogP contribution is -2.26. The van der Waals surface area contributed by atoms with Gasteiger partial charge in [-0.25, -0.2) is 4.39 Å². The van der Waals surface area contributed by atoms with E-state index in [0.717, 1.165) is 18.5 Å². The largest absolute Gasteiger partial charge is 0.327 e. The fourth-order valence-corrected chi connectivity index (χ4v) is 1.46. The SMILES string of the molecule is CCCC(N)C(C)c1ccc(F)cn1. The molecule has 0 radical (unpaired) electrons. The predicted octanol–water partition coefficient (Wildman–Crippen LogP) is 2.45. The predicted molar refractivity (Wildman–Crippen MR) is 55.5 cm³/mol. The van der Waals surface area contributed by atoms with Gasteiger partial charge >= 0.3 is 0 Å². The highest BCUT2D eigenvalue weighted by Gasteiger charge is 2.14. The number of nitrogens with two attached hydrogens (primary N) is 1. The van der Waals surface area contributed by atoms with E-state index in [1.54, 1.807) is 6.07 Å². The number of hydrogen-bond donors (Lipinski definition) is 1. The van der Waals surface area contributed by atoms with Crippen LogP contribution < -0.4 is 5.73 Å². The first-order valence-corrected chi connectivity index (χ1v) is 5.02. The Morgan fingerprint density at radius 1 is 1.50 bits per heavy atom. The Morgan fingerprint density at radius 3 is 2.71 bits per heavy atom. The van der Waals surface area contributed by atoms with E-state index in [1.807, 2.05) is 6.92 Å². The van der Waals surface area contributed by atoms with Crippen LogP contribution in [-0.2, 0) is 0 Å². The van der Waals surface area contributed by atoms with Crippen molar-refractivity contribution < 1.29 is 4.39 Å². The van der Waals surface area contributed by atoms with Crippen molar-refractivity contribution in [2.45, 2.75) is 38.6 Å². The summed E-state index contributed by atoms with van der Waals surface area (Å²) in [6.45, 7) is 4.13. The minimum Gasteiger partial charge on any atom is -0.327 e. The van der Waals surface area contributed by atoms with Gasteiger partial charge in [0.2, 0.25) is 0 Å². The molecule has 0 bridgehead atoms. The number of halogens is 1. The topological polar surface area (TPSA) is 38.9 Å². The van der Waals surface area contributed by atoms with Crippen molar-refractivity contribution in [3.8, 4) is 0 Å². The Balaban J connectivity index is 2.68. The van der Waals surface area contributed by atoms with Crippen LogP contribution >= 0.6 is 0 Å². The van der Waals surface area contributed by atoms with Crippen LogP contribution in [0.25, 0.3) is 0 Å². The first-order valence-electron chi connectivity index (χ1n) is 5.02. The molecule has 0 amide bonds. The molecule has 2 atom stereocenters. The fraction of sp³-hybridized carbons (Fsp3) is 0.545. The Morgan fingerprint density at radius 2 is 2.21 bits per heavy atom. The van der Waals surface area contributed by atoms with Crippen LogP contribution in [0.15, 0.2) is 18.3 Å². The summed E-state index contributed by atoms with van der Waals surface area (Å²) in [7, 11) is 0. The van der Waals surface area contributed by atoms with Crippen LogP contribution in [0, 0.1) is 5.82 Å². The van der Waals surface area contributed by atoms with Gasteiger partial charge in [0.25, 0.3) is 0 Å². The molecule has 1 aromatic heterocycles. The van der Waals surface area contributed by atoms with Gasteiger partial charge in [-0.2, -0.15) is 0 Å². The highest BCUT2D eigenvalue weighted by molar-refractivity contribution is 5.11. The van der Waals surface area contributed by atoms with Crippen molar-refractivity contribution >= 4 is 0 Å². The van der Waals surface area contributed by atoms with Crippen LogP contribution in [0.4, 0.5) is 4.39 Å². The number of pyridine rings is 1. The van der Waals surface area contributed by atoms with Gasteiger partial charge in [-0.15, -0.1) is 0 Å². The molecule has 0 aromatic carbocycles. The number of aromatic nitrogens is 1. The molecule has 0 saturated heterocycles. The second-order valence-electron chi connectivity index (χ2n) is 3.64. The Labute approximate surface area is 84.3 Å². The monoisotopic (exact) mass is 196 g/mol. The molecule has 1 rings (SSSR count). The lowest BCUT2D eigenvalue weighted by molar-refractivity contribution is 0.511. The molecule has 1 aromatic rings. The van der Waals surface area contributed by atoms with E-state index in [1.165, 1.54) is 12.3 Å². The van der Waals surface area contributed by atoms with Crippen LogP contribution in [0.5, 0.6) is 0 Å². The third kappa shape index (κ3) is 2.77. The van der Waals surface area contributed by atoms with Gasteiger partial charge in [0.15, 0.2) is 0 Å². The third-order valence-corrected chi connectivity index (χ3v) is 2.48. The Bertz CT molecular complexity index is 271. The maximum atomic E-state index is 12.6. The van der Waals surface area contributed by atoms with Gasteiger partial charge in [-0.1, -0.05) is 20.3 Å². The zero-order valence-corrected chi connectivity index (χ0v) is 8.70. The molecule has 14 heavy (non-hydrogen) atoms. The van der Waals surface area contributed by atoms with Crippen LogP contribution in [0.2, 0.25) is 0 Å². The standard InChI is InChI=1S/C11H17FN2/c1-3-4-10(13)8(2)11-6-5-9(12)7-14-11/h5-8,10H,3-4,13H2,1-2H3. The van der Waals surface area contributed by atoms with Crippen LogP contribution in [0.1, 0.15) is 38.3 Å². The second kappa shape index (κ2) is 5.05. The van der Waals surface area contributed by atoms with E-state index in [4.69, 9.17) is 5.73 Å². The van der Waals surface area contributed by atoms with E-state index in [0.29, 0.717) is 0 Å². The molecule has 0 aliphatic carbocycles. The normalized spacial score (nSPS) is 15.1. The Hall–Kier alpha value is -0.960. The molecular weight excluding hydrogens is 179 g/mol. The van der Waals surface area contributed by atoms with Crippen LogP contribution in [0.3, 0.4) is 0 Å². The molecule has 1 heterocycles. The lowest BCUT2D eigenvalue weighted by Gasteiger charge is -2.18. The maximum Gasteiger partial charge on any atom is 0.141 e. The third-order valence-electron chi connectivity index (χ3n) is 2.48. The van der Waals surface area contributed by atoms with Crippen molar-refractivity contribution in [1.82, 2.24) is 4.98 Å². The van der Waals surface area contributed by atoms with Crippen molar-refractivity contribution in [2.24, 2.45) is 5.73 Å². The first-order chi connectivity index (χ1) is 6.65. The van der Waals surface area contributed by atoms with Crippen LogP contribution in [-0.4, -0.2) is 11.0 Å². The van der Waals surface area contributed by atoms with Crippen molar-refractivity contribution in [2.75, 3.05) is 0 Å². The second-order valence-corrected chi connectivity index (χ2v) is 3.64. The molecule has 2 nitrogen and oxygen atoms in total. The quantitative estimate of drug-likeness (QED) is 0.803. The fourth-order valence-electron chi connectivity index (χ4n) is 1.46. The van der Waals surface area contributed by atoms with Crippen molar-refractivity contribution in [1.29, 1.82) is 0 Å². The van der Waals surface area contributed by atoms with Crippen molar-refractivity contribution in [3.63, 3.8) is 0 Å². The molecule has 0 spiro atoms. The average molecular weight is 196 g/mol. The van der Waals surface area contributed by atoms with Gasteiger partial charge in [0.05, 0.1) is 6.20 Å². The van der Waals surface area contributed by atoms with E-state index < -0.39 is 0 Å². The summed E-state index contributed by atoms with van der Waals surface area (Å²) < 4.78 is 12.6. The summed E-state index contributed by atoms with van der Waals surface area (Å²) >= 11 is 0. The minimum atomic E-state index is -0.301. The van der Waals surface area contributed by atoms with Gasteiger partial charge in [-0.05, 0) is 18.6 Å². The molecule has 0 aliphatic heterocycles. The summed E-state index contributed by atoms with van der Waals surface area (Å²) in [6, 6.07) is 3.24. The molecular formula is C11H17FN2. The van der Waals surface area contributed by atoms with E-state index in [9.17, 15) is 4.39 Å². The highest BCUT2D eigenvalue weighted by Crippen LogP contribution is 2.18. The highest BCUT2D eigenvalue weighted by atomic mass is 19.1. The summed E-state index contributed by atoms with van der Waals surface area (Å²) in [4.78, 5) is 4.03. The first kappa shape index (κ1) is 11.1. The maximum absolute atomic E-state index is 12.6. The molecule has 0 fully saturated rings. The molecule has 2 unspecified atom stereocenters. The van der Waals surface area contributed by atoms with Gasteiger partial charge in [0, 0.05) is 17.7 Å². The smallest absolute Gasteiger partial charge is 0.141 e. The molecule has 0 saturated carbocycles. The zero-order chi connectivity index (χ0) is 10.6. The number of rotatable bonds is 4. The van der Waals surface area contributed by atoms with Gasteiger partial charge in [-0.3, -0.25) is 4.98 Å². The molecule has 2 N–H and O–H groups in total. The number of nitrogens with zero attached hydrogens (tertiary/aromatic N) is 1. The summed E-state index contributed by atoms with van der Waals surface area (Å²) in [5.41, 5.74) is 6.83. The van der Waals surface area contributed by atoms with Crippen molar-refractivity contribution in [3.05, 3.63) is 29.8 Å². The van der Waals surface area contributed by atoms with Gasteiger partial charge < -0.3 is 5.73 Å². The lowest BCUT2D eigenvalue weighted by atomic mass is 9.95. The van der Waals surface area contributed by atoms with E-state index in [-0.39, 0.29) is 17.8 Å². The van der Waals surface area contributed by atoms with Gasteiger partial charge in [0.1, 0.15) is 5.82 Å². The minimum absolute atomic E-state index is 0.109. The number of hydrogen-bond acceptors (Lipinski definition) is 2. The molecule has 3 heteroatoms. The Kier molecular flexibility index (Phi) is 4.01. The van der Waals surface area contributed by atoms with E-state index >= 15 is 0 Å². The molecule has 78 valence electrons. The zero-order valence-electron chi connectivity index (χ0n) is 8.70. The summed E-state index contributed by atoms with van der Waals surface area (Å²) in [5.74, 6) is -0.111. The summed E-state index contributed by atoms with van der Waals surface area (Å²) in [5, 5.41) is 0. The summed E-state index contributed by atoms with van der Waals surface area (Å²) in [6.07, 6.45) is 3.28. The molecule has 0 aliphatic rings. The van der Waals surface area contributed by atoms with E-state index in [2.05, 4.69) is 11.9 Å².